The van der Waals surface area contributed by atoms with Gasteiger partial charge in [0, 0.05) is 36.2 Å². The van der Waals surface area contributed by atoms with E-state index in [1.807, 2.05) is 43.3 Å². The second-order valence-electron chi connectivity index (χ2n) is 11.0. The number of nitriles is 1. The van der Waals surface area contributed by atoms with E-state index in [2.05, 4.69) is 27.5 Å². The second-order valence-corrected chi connectivity index (χ2v) is 11.0. The molecule has 1 aromatic heterocycles. The first-order valence-corrected chi connectivity index (χ1v) is 14.5. The molecule has 2 saturated heterocycles. The Balaban J connectivity index is 1.64. The molecule has 5 N–H and O–H groups in total. The van der Waals surface area contributed by atoms with Crippen LogP contribution in [0.2, 0.25) is 0 Å². The van der Waals surface area contributed by atoms with Crippen LogP contribution in [0.25, 0.3) is 5.76 Å². The molecule has 2 aliphatic heterocycles. The molecule has 12 nitrogen and oxygen atoms in total. The Morgan fingerprint density at radius 2 is 2.05 bits per heavy atom. The van der Waals surface area contributed by atoms with E-state index in [1.54, 1.807) is 18.2 Å². The summed E-state index contributed by atoms with van der Waals surface area (Å²) < 4.78 is 5.47. The Morgan fingerprint density at radius 1 is 1.30 bits per heavy atom. The fraction of sp³-hybridized carbons (Fsp3) is 0.406. The van der Waals surface area contributed by atoms with Gasteiger partial charge < -0.3 is 30.4 Å². The lowest BCUT2D eigenvalue weighted by Gasteiger charge is -2.29. The predicted molar refractivity (Wildman–Crippen MR) is 162 cm³/mol. The molecule has 2 fully saturated rings. The van der Waals surface area contributed by atoms with Crippen LogP contribution in [0.5, 0.6) is 0 Å². The summed E-state index contributed by atoms with van der Waals surface area (Å²) in [5.74, 6) is -2.24. The number of aliphatic carboxylic acids is 1. The molecule has 2 aromatic rings. The van der Waals surface area contributed by atoms with Crippen molar-refractivity contribution in [3.8, 4) is 6.07 Å². The molecule has 44 heavy (non-hydrogen) atoms. The number of amides is 3. The third-order valence-corrected chi connectivity index (χ3v) is 8.18. The lowest BCUT2D eigenvalue weighted by atomic mass is 9.93. The van der Waals surface area contributed by atoms with Gasteiger partial charge in [0.2, 0.25) is 11.8 Å². The molecule has 1 aromatic carbocycles. The van der Waals surface area contributed by atoms with Crippen molar-refractivity contribution < 1.29 is 29.0 Å². The van der Waals surface area contributed by atoms with Gasteiger partial charge in [-0.05, 0) is 43.9 Å². The van der Waals surface area contributed by atoms with Gasteiger partial charge in [-0.25, -0.2) is 0 Å². The maximum absolute atomic E-state index is 14.0. The lowest BCUT2D eigenvalue weighted by Crippen LogP contribution is -2.55. The maximum atomic E-state index is 14.0. The van der Waals surface area contributed by atoms with Crippen molar-refractivity contribution in [3.63, 3.8) is 0 Å². The molecule has 0 aliphatic carbocycles. The number of methoxy groups -OCH3 is 1. The average Bonchev–Trinajstić information content (AvgIpc) is 3.74. The average molecular weight is 603 g/mol. The number of aromatic nitrogens is 1. The molecule has 12 heteroatoms. The standard InChI is InChI=1S/C32H38N6O6/c1-4-8-28(44-3)23-15-25(36-19(23)2)32(43)38-18-22(20-9-6-5-7-10-20)14-27(38)31(42)37-24(13-21-11-12-34-30(21)41)26(16-33)35-17-29(39)40/h4-10,15,21-22,24,26-27,35-36H,1,11-14,17-18H2,2-3H3,(H,34,41)(H,37,42)(H,39,40)/b28-8+. The fourth-order valence-electron chi connectivity index (χ4n) is 5.94. The summed E-state index contributed by atoms with van der Waals surface area (Å²) in [4.78, 5) is 56.2. The normalized spacial score (nSPS) is 21.2. The number of H-pyrrole nitrogens is 1. The second kappa shape index (κ2) is 14.5. The zero-order chi connectivity index (χ0) is 31.8. The molecule has 0 saturated carbocycles. The van der Waals surface area contributed by atoms with Gasteiger partial charge >= 0.3 is 5.97 Å². The zero-order valence-electron chi connectivity index (χ0n) is 24.8. The predicted octanol–water partition coefficient (Wildman–Crippen LogP) is 2.07. The SMILES string of the molecule is C=C/C=C(/OC)c1cc(C(=O)N2CC(c3ccccc3)CC2C(=O)NC(CC2CCNC2=O)C(C#N)NCC(=O)O)[nH]c1C. The molecular weight excluding hydrogens is 564 g/mol. The van der Waals surface area contributed by atoms with E-state index >= 15 is 0 Å². The van der Waals surface area contributed by atoms with E-state index in [-0.39, 0.29) is 36.4 Å². The number of benzene rings is 1. The highest BCUT2D eigenvalue weighted by molar-refractivity contribution is 5.98. The van der Waals surface area contributed by atoms with Crippen LogP contribution in [0.15, 0.2) is 55.1 Å². The van der Waals surface area contributed by atoms with Gasteiger partial charge in [0.25, 0.3) is 5.91 Å². The summed E-state index contributed by atoms with van der Waals surface area (Å²) in [7, 11) is 1.53. The van der Waals surface area contributed by atoms with E-state index in [0.717, 1.165) is 5.56 Å². The third kappa shape index (κ3) is 7.36. The van der Waals surface area contributed by atoms with E-state index < -0.39 is 42.5 Å². The summed E-state index contributed by atoms with van der Waals surface area (Å²) >= 11 is 0. The number of carboxylic acids is 1. The number of rotatable bonds is 13. The third-order valence-electron chi connectivity index (χ3n) is 8.18. The Kier molecular flexibility index (Phi) is 10.6. The Hall–Kier alpha value is -4.89. The number of ether oxygens (including phenoxy) is 1. The van der Waals surface area contributed by atoms with Crippen LogP contribution in [-0.4, -0.2) is 83.6 Å². The summed E-state index contributed by atoms with van der Waals surface area (Å²) in [6, 6.07) is 10.5. The number of hydrogen-bond acceptors (Lipinski definition) is 7. The number of likely N-dealkylation sites (tertiary alicyclic amines) is 1. The first-order valence-electron chi connectivity index (χ1n) is 14.5. The van der Waals surface area contributed by atoms with Crippen molar-refractivity contribution in [2.24, 2.45) is 5.92 Å². The molecule has 0 spiro atoms. The van der Waals surface area contributed by atoms with Crippen LogP contribution in [0.3, 0.4) is 0 Å². The molecule has 3 amide bonds. The number of nitrogens with one attached hydrogen (secondary N) is 4. The molecule has 5 atom stereocenters. The Labute approximate surface area is 256 Å². The fourth-order valence-corrected chi connectivity index (χ4v) is 5.94. The van der Waals surface area contributed by atoms with E-state index in [0.29, 0.717) is 36.4 Å². The first kappa shape index (κ1) is 32.0. The van der Waals surface area contributed by atoms with Gasteiger partial charge in [-0.2, -0.15) is 5.26 Å². The van der Waals surface area contributed by atoms with Crippen LogP contribution in [0.1, 0.15) is 52.5 Å². The number of aryl methyl sites for hydroxylation is 1. The minimum absolute atomic E-state index is 0.127. The number of hydrogen-bond donors (Lipinski definition) is 5. The van der Waals surface area contributed by atoms with Crippen molar-refractivity contribution in [2.75, 3.05) is 26.7 Å². The first-order chi connectivity index (χ1) is 21.2. The minimum Gasteiger partial charge on any atom is -0.496 e. The molecule has 2 aliphatic rings. The Bertz CT molecular complexity index is 1460. The van der Waals surface area contributed by atoms with Crippen LogP contribution in [-0.2, 0) is 19.1 Å². The number of allylic oxidation sites excluding steroid dienone is 2. The van der Waals surface area contributed by atoms with Gasteiger partial charge in [-0.15, -0.1) is 0 Å². The summed E-state index contributed by atoms with van der Waals surface area (Å²) in [5.41, 5.74) is 2.66. The highest BCUT2D eigenvalue weighted by Crippen LogP contribution is 2.34. The largest absolute Gasteiger partial charge is 0.496 e. The highest BCUT2D eigenvalue weighted by atomic mass is 16.5. The van der Waals surface area contributed by atoms with Crippen molar-refractivity contribution in [1.82, 2.24) is 25.8 Å². The number of aromatic amines is 1. The topological polar surface area (TPSA) is 177 Å². The summed E-state index contributed by atoms with van der Waals surface area (Å²) in [5, 5.41) is 27.4. The summed E-state index contributed by atoms with van der Waals surface area (Å²) in [6.45, 7) is 5.80. The van der Waals surface area contributed by atoms with E-state index in [1.165, 1.54) is 12.0 Å². The minimum atomic E-state index is -1.16. The lowest BCUT2D eigenvalue weighted by molar-refractivity contribution is -0.136. The van der Waals surface area contributed by atoms with Crippen molar-refractivity contribution in [2.45, 2.75) is 50.2 Å². The molecule has 0 bridgehead atoms. The van der Waals surface area contributed by atoms with Crippen LogP contribution in [0.4, 0.5) is 0 Å². The van der Waals surface area contributed by atoms with Crippen molar-refractivity contribution in [3.05, 3.63) is 77.6 Å². The van der Waals surface area contributed by atoms with Gasteiger partial charge in [0.15, 0.2) is 0 Å². The van der Waals surface area contributed by atoms with Gasteiger partial charge in [-0.1, -0.05) is 43.0 Å². The van der Waals surface area contributed by atoms with Crippen LogP contribution in [0, 0.1) is 24.2 Å². The van der Waals surface area contributed by atoms with Crippen LogP contribution >= 0.6 is 0 Å². The molecule has 0 radical (unpaired) electrons. The van der Waals surface area contributed by atoms with E-state index in [9.17, 15) is 29.5 Å². The number of carbonyl (C=O) groups excluding carboxylic acids is 3. The zero-order valence-corrected chi connectivity index (χ0v) is 24.8. The van der Waals surface area contributed by atoms with Crippen molar-refractivity contribution >= 4 is 29.5 Å². The molecule has 3 heterocycles. The number of carbonyl (C=O) groups is 4. The maximum Gasteiger partial charge on any atom is 0.317 e. The number of carboxylic acid groups (broad SMARTS) is 1. The van der Waals surface area contributed by atoms with Gasteiger partial charge in [-0.3, -0.25) is 24.5 Å². The molecule has 5 unspecified atom stereocenters. The van der Waals surface area contributed by atoms with Crippen LogP contribution < -0.4 is 16.0 Å². The van der Waals surface area contributed by atoms with Gasteiger partial charge in [0.05, 0.1) is 25.8 Å². The monoisotopic (exact) mass is 602 g/mol. The number of nitrogens with zero attached hydrogens (tertiary/aromatic N) is 2. The summed E-state index contributed by atoms with van der Waals surface area (Å²) in [6.07, 6.45) is 4.29. The molecular formula is C32H38N6O6. The van der Waals surface area contributed by atoms with Gasteiger partial charge in [0.1, 0.15) is 23.5 Å². The smallest absolute Gasteiger partial charge is 0.317 e. The van der Waals surface area contributed by atoms with E-state index in [4.69, 9.17) is 4.74 Å². The Morgan fingerprint density at radius 3 is 2.66 bits per heavy atom. The molecule has 4 rings (SSSR count). The quantitative estimate of drug-likeness (QED) is 0.171. The molecule has 232 valence electrons. The highest BCUT2D eigenvalue weighted by Gasteiger charge is 2.42. The van der Waals surface area contributed by atoms with Crippen molar-refractivity contribution in [1.29, 1.82) is 5.26 Å².